The van der Waals surface area contributed by atoms with Crippen LogP contribution in [-0.2, 0) is 13.1 Å². The largest absolute Gasteiger partial charge is 0.459 e. The third-order valence-corrected chi connectivity index (χ3v) is 5.16. The molecule has 148 valence electrons. The lowest BCUT2D eigenvalue weighted by Gasteiger charge is -2.36. The molecule has 1 saturated heterocycles. The van der Waals surface area contributed by atoms with Crippen molar-refractivity contribution in [3.05, 3.63) is 53.4 Å². The highest BCUT2D eigenvalue weighted by molar-refractivity contribution is 5.83. The van der Waals surface area contributed by atoms with Crippen molar-refractivity contribution >= 4 is 16.9 Å². The number of benzene rings is 1. The second-order valence-electron chi connectivity index (χ2n) is 6.95. The molecule has 1 fully saturated rings. The Morgan fingerprint density at radius 1 is 1.25 bits per heavy atom. The fourth-order valence-corrected chi connectivity index (χ4v) is 3.57. The summed E-state index contributed by atoms with van der Waals surface area (Å²) < 4.78 is 24.3. The number of hydrogen-bond acceptors (Lipinski definition) is 5. The Labute approximate surface area is 162 Å². The van der Waals surface area contributed by atoms with Crippen molar-refractivity contribution in [3.63, 3.8) is 0 Å². The van der Waals surface area contributed by atoms with E-state index < -0.39 is 0 Å². The van der Waals surface area contributed by atoms with Gasteiger partial charge in [-0.1, -0.05) is 5.16 Å². The van der Waals surface area contributed by atoms with E-state index in [-0.39, 0.29) is 5.82 Å². The second kappa shape index (κ2) is 8.02. The van der Waals surface area contributed by atoms with E-state index >= 15 is 0 Å². The van der Waals surface area contributed by atoms with Crippen molar-refractivity contribution in [1.82, 2.24) is 20.3 Å². The molecular formula is C20H24FN5O2. The minimum absolute atomic E-state index is 0.254. The molecule has 0 aliphatic carbocycles. The second-order valence-corrected chi connectivity index (χ2v) is 6.95. The van der Waals surface area contributed by atoms with Crippen LogP contribution in [-0.4, -0.2) is 54.1 Å². The smallest absolute Gasteiger partial charge is 0.194 e. The lowest BCUT2D eigenvalue weighted by Crippen LogP contribution is -2.52. The van der Waals surface area contributed by atoms with E-state index in [0.717, 1.165) is 61.1 Å². The summed E-state index contributed by atoms with van der Waals surface area (Å²) in [5, 5.41) is 8.16. The van der Waals surface area contributed by atoms with Gasteiger partial charge in [-0.3, -0.25) is 9.89 Å². The summed E-state index contributed by atoms with van der Waals surface area (Å²) in [5.74, 6) is 1.38. The number of piperazine rings is 1. The van der Waals surface area contributed by atoms with E-state index in [2.05, 4.69) is 25.3 Å². The third-order valence-electron chi connectivity index (χ3n) is 5.16. The first-order chi connectivity index (χ1) is 13.6. The van der Waals surface area contributed by atoms with Gasteiger partial charge >= 0.3 is 0 Å². The molecule has 1 N–H and O–H groups in total. The molecule has 0 unspecified atom stereocenters. The van der Waals surface area contributed by atoms with E-state index in [1.54, 1.807) is 19.4 Å². The van der Waals surface area contributed by atoms with Gasteiger partial charge in [-0.05, 0) is 25.1 Å². The van der Waals surface area contributed by atoms with Crippen LogP contribution in [0.15, 0.2) is 44.5 Å². The van der Waals surface area contributed by atoms with Gasteiger partial charge < -0.3 is 19.2 Å². The SMILES string of the molecule is CN=C(NCc1oc2ccc(F)cc2c1C)N1CCN(Cc2ccon2)CC1. The molecule has 3 aromatic rings. The maximum absolute atomic E-state index is 13.5. The van der Waals surface area contributed by atoms with E-state index in [0.29, 0.717) is 12.1 Å². The molecule has 0 bridgehead atoms. The van der Waals surface area contributed by atoms with Crippen molar-refractivity contribution in [2.24, 2.45) is 4.99 Å². The number of guanidine groups is 1. The third kappa shape index (κ3) is 3.87. The van der Waals surface area contributed by atoms with E-state index in [4.69, 9.17) is 8.94 Å². The Kier molecular flexibility index (Phi) is 5.29. The van der Waals surface area contributed by atoms with Gasteiger partial charge in [0, 0.05) is 56.8 Å². The fourth-order valence-electron chi connectivity index (χ4n) is 3.57. The molecule has 8 heteroatoms. The number of rotatable bonds is 4. The maximum Gasteiger partial charge on any atom is 0.194 e. The van der Waals surface area contributed by atoms with Gasteiger partial charge in [0.05, 0.1) is 12.2 Å². The molecule has 0 atom stereocenters. The number of hydrogen-bond donors (Lipinski definition) is 1. The molecule has 0 spiro atoms. The monoisotopic (exact) mass is 385 g/mol. The van der Waals surface area contributed by atoms with Gasteiger partial charge in [0.2, 0.25) is 0 Å². The predicted molar refractivity (Wildman–Crippen MR) is 104 cm³/mol. The van der Waals surface area contributed by atoms with Crippen molar-refractivity contribution in [1.29, 1.82) is 0 Å². The standard InChI is InChI=1S/C20H24FN5O2/c1-14-17-11-15(21)3-4-18(17)28-19(14)12-23-20(22-2)26-8-6-25(7-9-26)13-16-5-10-27-24-16/h3-5,10-11H,6-9,12-13H2,1-2H3,(H,22,23). The average Bonchev–Trinajstić information content (AvgIpc) is 3.32. The fraction of sp³-hybridized carbons (Fsp3) is 0.400. The van der Waals surface area contributed by atoms with Gasteiger partial charge in [0.25, 0.3) is 0 Å². The molecule has 1 aliphatic rings. The Balaban J connectivity index is 1.35. The van der Waals surface area contributed by atoms with Crippen LogP contribution in [0.4, 0.5) is 4.39 Å². The van der Waals surface area contributed by atoms with Crippen LogP contribution in [0.2, 0.25) is 0 Å². The predicted octanol–water partition coefficient (Wildman–Crippen LogP) is 2.76. The number of fused-ring (bicyclic) bond motifs is 1. The number of nitrogens with one attached hydrogen (secondary N) is 1. The van der Waals surface area contributed by atoms with E-state index in [1.165, 1.54) is 12.1 Å². The summed E-state index contributed by atoms with van der Waals surface area (Å²) >= 11 is 0. The molecule has 0 radical (unpaired) electrons. The Hall–Kier alpha value is -2.87. The van der Waals surface area contributed by atoms with Crippen LogP contribution < -0.4 is 5.32 Å². The van der Waals surface area contributed by atoms with Crippen LogP contribution in [0, 0.1) is 12.7 Å². The molecule has 0 amide bonds. The summed E-state index contributed by atoms with van der Waals surface area (Å²) in [6.07, 6.45) is 1.60. The number of halogens is 1. The molecule has 2 aromatic heterocycles. The van der Waals surface area contributed by atoms with Gasteiger partial charge in [0.15, 0.2) is 5.96 Å². The molecule has 7 nitrogen and oxygen atoms in total. The highest BCUT2D eigenvalue weighted by atomic mass is 19.1. The summed E-state index contributed by atoms with van der Waals surface area (Å²) in [5.41, 5.74) is 2.61. The molecule has 1 aliphatic heterocycles. The first-order valence-electron chi connectivity index (χ1n) is 9.39. The van der Waals surface area contributed by atoms with Gasteiger partial charge in [-0.25, -0.2) is 4.39 Å². The molecule has 3 heterocycles. The Morgan fingerprint density at radius 2 is 2.07 bits per heavy atom. The first-order valence-corrected chi connectivity index (χ1v) is 9.39. The zero-order valence-electron chi connectivity index (χ0n) is 16.1. The van der Waals surface area contributed by atoms with Crippen molar-refractivity contribution in [2.45, 2.75) is 20.0 Å². The minimum atomic E-state index is -0.254. The molecule has 0 saturated carbocycles. The van der Waals surface area contributed by atoms with Crippen LogP contribution in [0.5, 0.6) is 0 Å². The molecule has 4 rings (SSSR count). The van der Waals surface area contributed by atoms with Crippen molar-refractivity contribution in [3.8, 4) is 0 Å². The Morgan fingerprint density at radius 3 is 2.79 bits per heavy atom. The van der Waals surface area contributed by atoms with Gasteiger partial charge in [-0.2, -0.15) is 0 Å². The lowest BCUT2D eigenvalue weighted by molar-refractivity contribution is 0.169. The van der Waals surface area contributed by atoms with Crippen molar-refractivity contribution < 1.29 is 13.3 Å². The van der Waals surface area contributed by atoms with Crippen LogP contribution in [0.3, 0.4) is 0 Å². The minimum Gasteiger partial charge on any atom is -0.459 e. The highest BCUT2D eigenvalue weighted by Gasteiger charge is 2.21. The summed E-state index contributed by atoms with van der Waals surface area (Å²) in [6.45, 7) is 6.86. The van der Waals surface area contributed by atoms with Gasteiger partial charge in [-0.15, -0.1) is 0 Å². The van der Waals surface area contributed by atoms with Crippen LogP contribution >= 0.6 is 0 Å². The first kappa shape index (κ1) is 18.5. The molecular weight excluding hydrogens is 361 g/mol. The van der Waals surface area contributed by atoms with Crippen molar-refractivity contribution in [2.75, 3.05) is 33.2 Å². The van der Waals surface area contributed by atoms with E-state index in [9.17, 15) is 4.39 Å². The summed E-state index contributed by atoms with van der Waals surface area (Å²) in [7, 11) is 1.78. The molecule has 28 heavy (non-hydrogen) atoms. The number of nitrogens with zero attached hydrogens (tertiary/aromatic N) is 4. The molecule has 1 aromatic carbocycles. The number of furan rings is 1. The average molecular weight is 385 g/mol. The van der Waals surface area contributed by atoms with Crippen LogP contribution in [0.25, 0.3) is 11.0 Å². The summed E-state index contributed by atoms with van der Waals surface area (Å²) in [6, 6.07) is 6.50. The van der Waals surface area contributed by atoms with Gasteiger partial charge in [0.1, 0.15) is 23.4 Å². The Bertz CT molecular complexity index is 959. The lowest BCUT2D eigenvalue weighted by atomic mass is 10.1. The number of aliphatic imine (C=N–C) groups is 1. The van der Waals surface area contributed by atoms with E-state index in [1.807, 2.05) is 13.0 Å². The quantitative estimate of drug-likeness (QED) is 0.550. The topological polar surface area (TPSA) is 70.0 Å². The number of aryl methyl sites for hydroxylation is 1. The highest BCUT2D eigenvalue weighted by Crippen LogP contribution is 2.25. The summed E-state index contributed by atoms with van der Waals surface area (Å²) in [4.78, 5) is 8.99. The maximum atomic E-state index is 13.5. The normalized spacial score (nSPS) is 16.1. The van der Waals surface area contributed by atoms with Crippen LogP contribution in [0.1, 0.15) is 17.0 Å². The zero-order valence-corrected chi connectivity index (χ0v) is 16.1. The number of aromatic nitrogens is 1. The zero-order chi connectivity index (χ0) is 19.5.